The average molecular weight is 288 g/mol. The van der Waals surface area contributed by atoms with Crippen LogP contribution < -0.4 is 5.32 Å². The highest BCUT2D eigenvalue weighted by atomic mass is 16.4. The van der Waals surface area contributed by atoms with E-state index in [1.54, 1.807) is 4.68 Å². The third-order valence-corrected chi connectivity index (χ3v) is 3.02. The highest BCUT2D eigenvalue weighted by Crippen LogP contribution is 2.15. The number of nitrogens with zero attached hydrogens (tertiary/aromatic N) is 3. The highest BCUT2D eigenvalue weighted by Gasteiger charge is 2.16. The second-order valence-corrected chi connectivity index (χ2v) is 4.87. The maximum Gasteiger partial charge on any atom is 0.354 e. The van der Waals surface area contributed by atoms with Crippen LogP contribution in [0.4, 0.5) is 5.69 Å². The van der Waals surface area contributed by atoms with Crippen LogP contribution in [0.5, 0.6) is 0 Å². The minimum Gasteiger partial charge on any atom is -0.477 e. The number of hydrogen-bond acceptors (Lipinski definition) is 4. The molecular weight excluding hydrogens is 272 g/mol. The lowest BCUT2D eigenvalue weighted by Gasteiger charge is -2.09. The zero-order chi connectivity index (χ0) is 15.6. The lowest BCUT2D eigenvalue weighted by molar-refractivity contribution is 0.0690. The van der Waals surface area contributed by atoms with Gasteiger partial charge < -0.3 is 10.4 Å². The second-order valence-electron chi connectivity index (χ2n) is 4.87. The molecule has 2 N–H and O–H groups in total. The van der Waals surface area contributed by atoms with Gasteiger partial charge in [0, 0.05) is 11.7 Å². The number of anilines is 1. The van der Waals surface area contributed by atoms with Crippen molar-refractivity contribution < 1.29 is 14.7 Å². The van der Waals surface area contributed by atoms with Gasteiger partial charge >= 0.3 is 5.97 Å². The van der Waals surface area contributed by atoms with Gasteiger partial charge in [-0.1, -0.05) is 0 Å². The summed E-state index contributed by atoms with van der Waals surface area (Å²) in [5.74, 6) is -1.41. The molecular formula is C14H16N4O3. The zero-order valence-corrected chi connectivity index (χ0v) is 12.0. The lowest BCUT2D eigenvalue weighted by atomic mass is 10.2. The predicted octanol–water partition coefficient (Wildman–Crippen LogP) is 2.12. The van der Waals surface area contributed by atoms with Gasteiger partial charge in [0.2, 0.25) is 0 Å². The van der Waals surface area contributed by atoms with Crippen molar-refractivity contribution in [3.05, 3.63) is 41.5 Å². The smallest absolute Gasteiger partial charge is 0.354 e. The van der Waals surface area contributed by atoms with Crippen molar-refractivity contribution in [2.24, 2.45) is 0 Å². The number of aromatic nitrogens is 3. The van der Waals surface area contributed by atoms with Crippen molar-refractivity contribution in [3.8, 4) is 0 Å². The molecule has 7 heteroatoms. The maximum atomic E-state index is 12.2. The third kappa shape index (κ3) is 3.07. The summed E-state index contributed by atoms with van der Waals surface area (Å²) in [6.45, 7) is 5.79. The average Bonchev–Trinajstić information content (AvgIpc) is 2.81. The molecule has 0 aliphatic rings. The second kappa shape index (κ2) is 5.74. The lowest BCUT2D eigenvalue weighted by Crippen LogP contribution is -2.14. The van der Waals surface area contributed by atoms with Gasteiger partial charge in [-0.2, -0.15) is 5.10 Å². The molecule has 2 rings (SSSR count). The summed E-state index contributed by atoms with van der Waals surface area (Å²) < 4.78 is 1.76. The molecule has 0 atom stereocenters. The molecule has 21 heavy (non-hydrogen) atoms. The van der Waals surface area contributed by atoms with E-state index >= 15 is 0 Å². The Hall–Kier alpha value is -2.70. The molecule has 0 unspecified atom stereocenters. The van der Waals surface area contributed by atoms with Gasteiger partial charge in [-0.05, 0) is 32.9 Å². The topological polar surface area (TPSA) is 97.1 Å². The standard InChI is InChI=1S/C14H16N4O3/c1-8(2)18-9(3)11(7-16-18)13(19)17-10-4-5-12(14(20)21)15-6-10/h4-8H,1-3H3,(H,17,19)(H,20,21). The number of carbonyl (C=O) groups is 2. The first-order valence-corrected chi connectivity index (χ1v) is 6.45. The normalized spacial score (nSPS) is 10.7. The largest absolute Gasteiger partial charge is 0.477 e. The monoisotopic (exact) mass is 288 g/mol. The van der Waals surface area contributed by atoms with E-state index in [2.05, 4.69) is 15.4 Å². The molecule has 0 radical (unpaired) electrons. The quantitative estimate of drug-likeness (QED) is 0.898. The van der Waals surface area contributed by atoms with Crippen LogP contribution in [0.2, 0.25) is 0 Å². The van der Waals surface area contributed by atoms with E-state index in [9.17, 15) is 9.59 Å². The van der Waals surface area contributed by atoms with Crippen LogP contribution in [-0.4, -0.2) is 31.7 Å². The Morgan fingerprint density at radius 1 is 1.29 bits per heavy atom. The maximum absolute atomic E-state index is 12.2. The molecule has 2 aromatic heterocycles. The fourth-order valence-electron chi connectivity index (χ4n) is 1.96. The van der Waals surface area contributed by atoms with Gasteiger partial charge in [-0.3, -0.25) is 9.48 Å². The number of hydrogen-bond donors (Lipinski definition) is 2. The molecule has 110 valence electrons. The van der Waals surface area contributed by atoms with E-state index in [1.807, 2.05) is 20.8 Å². The van der Waals surface area contributed by atoms with Crippen LogP contribution >= 0.6 is 0 Å². The van der Waals surface area contributed by atoms with Crippen molar-refractivity contribution in [1.29, 1.82) is 0 Å². The van der Waals surface area contributed by atoms with Gasteiger partial charge in [0.25, 0.3) is 5.91 Å². The van der Waals surface area contributed by atoms with Crippen molar-refractivity contribution in [1.82, 2.24) is 14.8 Å². The number of amides is 1. The Morgan fingerprint density at radius 2 is 2.00 bits per heavy atom. The summed E-state index contributed by atoms with van der Waals surface area (Å²) in [5, 5.41) is 15.6. The number of pyridine rings is 1. The molecule has 0 saturated heterocycles. The van der Waals surface area contributed by atoms with Crippen molar-refractivity contribution in [3.63, 3.8) is 0 Å². The third-order valence-electron chi connectivity index (χ3n) is 3.02. The number of rotatable bonds is 4. The predicted molar refractivity (Wildman–Crippen MR) is 76.5 cm³/mol. The molecule has 0 aliphatic carbocycles. The highest BCUT2D eigenvalue weighted by molar-refractivity contribution is 6.04. The number of carboxylic acids is 1. The SMILES string of the molecule is Cc1c(C(=O)Nc2ccc(C(=O)O)nc2)cnn1C(C)C. The molecule has 0 fully saturated rings. The van der Waals surface area contributed by atoms with Crippen LogP contribution in [0.25, 0.3) is 0 Å². The number of aromatic carboxylic acids is 1. The van der Waals surface area contributed by atoms with E-state index in [4.69, 9.17) is 5.11 Å². The molecule has 0 aliphatic heterocycles. The first-order chi connectivity index (χ1) is 9.90. The van der Waals surface area contributed by atoms with E-state index in [0.29, 0.717) is 11.3 Å². The van der Waals surface area contributed by atoms with Crippen LogP contribution in [0.3, 0.4) is 0 Å². The summed E-state index contributed by atoms with van der Waals surface area (Å²) in [6.07, 6.45) is 2.83. The molecule has 2 heterocycles. The summed E-state index contributed by atoms with van der Waals surface area (Å²) in [7, 11) is 0. The van der Waals surface area contributed by atoms with Crippen LogP contribution in [0, 0.1) is 6.92 Å². The van der Waals surface area contributed by atoms with E-state index in [0.717, 1.165) is 5.69 Å². The first-order valence-electron chi connectivity index (χ1n) is 6.45. The Morgan fingerprint density at radius 3 is 2.48 bits per heavy atom. The van der Waals surface area contributed by atoms with Gasteiger partial charge in [0.1, 0.15) is 5.69 Å². The van der Waals surface area contributed by atoms with Crippen molar-refractivity contribution >= 4 is 17.6 Å². The van der Waals surface area contributed by atoms with Crippen molar-refractivity contribution in [2.45, 2.75) is 26.8 Å². The Bertz CT molecular complexity index is 674. The van der Waals surface area contributed by atoms with Crippen LogP contribution in [-0.2, 0) is 0 Å². The Kier molecular flexibility index (Phi) is 4.02. The summed E-state index contributed by atoms with van der Waals surface area (Å²) in [6, 6.07) is 3.00. The summed E-state index contributed by atoms with van der Waals surface area (Å²) in [4.78, 5) is 26.6. The fraction of sp³-hybridized carbons (Fsp3) is 0.286. The number of carboxylic acid groups (broad SMARTS) is 1. The molecule has 7 nitrogen and oxygen atoms in total. The van der Waals surface area contributed by atoms with Gasteiger partial charge in [-0.15, -0.1) is 0 Å². The zero-order valence-electron chi connectivity index (χ0n) is 12.0. The molecule has 0 aromatic carbocycles. The molecule has 0 saturated carbocycles. The first kappa shape index (κ1) is 14.7. The molecule has 2 aromatic rings. The van der Waals surface area contributed by atoms with Crippen LogP contribution in [0.15, 0.2) is 24.5 Å². The Labute approximate surface area is 121 Å². The Balaban J connectivity index is 2.16. The molecule has 0 spiro atoms. The fourth-order valence-corrected chi connectivity index (χ4v) is 1.96. The van der Waals surface area contributed by atoms with Gasteiger partial charge in [0.05, 0.1) is 23.6 Å². The summed E-state index contributed by atoms with van der Waals surface area (Å²) in [5.41, 5.74) is 1.61. The number of carbonyl (C=O) groups excluding carboxylic acids is 1. The van der Waals surface area contributed by atoms with Crippen LogP contribution in [0.1, 0.15) is 46.4 Å². The van der Waals surface area contributed by atoms with E-state index in [-0.39, 0.29) is 17.6 Å². The van der Waals surface area contributed by atoms with Gasteiger partial charge in [0.15, 0.2) is 0 Å². The molecule has 1 amide bonds. The summed E-state index contributed by atoms with van der Waals surface area (Å²) >= 11 is 0. The minimum absolute atomic E-state index is 0.0724. The van der Waals surface area contributed by atoms with Crippen molar-refractivity contribution in [2.75, 3.05) is 5.32 Å². The van der Waals surface area contributed by atoms with E-state index in [1.165, 1.54) is 24.5 Å². The van der Waals surface area contributed by atoms with E-state index < -0.39 is 5.97 Å². The number of nitrogens with one attached hydrogen (secondary N) is 1. The molecule has 0 bridgehead atoms. The minimum atomic E-state index is -1.11. The van der Waals surface area contributed by atoms with Gasteiger partial charge in [-0.25, -0.2) is 9.78 Å².